The van der Waals surface area contributed by atoms with E-state index in [1.54, 1.807) is 11.3 Å². The summed E-state index contributed by atoms with van der Waals surface area (Å²) >= 11 is 1.76. The van der Waals surface area contributed by atoms with E-state index in [9.17, 15) is 0 Å². The van der Waals surface area contributed by atoms with Crippen LogP contribution in [0.4, 0.5) is 0 Å². The molecule has 112 valence electrons. The molecule has 2 aromatic heterocycles. The van der Waals surface area contributed by atoms with Gasteiger partial charge in [-0.25, -0.2) is 4.98 Å². The molecule has 0 spiro atoms. The summed E-state index contributed by atoms with van der Waals surface area (Å²) < 4.78 is 5.60. The molecule has 1 atom stereocenters. The number of rotatable bonds is 3. The second kappa shape index (κ2) is 5.51. The summed E-state index contributed by atoms with van der Waals surface area (Å²) in [5, 5.41) is 7.80. The van der Waals surface area contributed by atoms with Gasteiger partial charge < -0.3 is 4.74 Å². The van der Waals surface area contributed by atoms with Crippen LogP contribution >= 0.6 is 11.3 Å². The van der Waals surface area contributed by atoms with Gasteiger partial charge in [0, 0.05) is 41.6 Å². The zero-order valence-electron chi connectivity index (χ0n) is 12.3. The zero-order chi connectivity index (χ0) is 14.2. The first kappa shape index (κ1) is 13.4. The van der Waals surface area contributed by atoms with Gasteiger partial charge in [0.05, 0.1) is 30.1 Å². The number of fused-ring (bicyclic) bond motifs is 1. The third-order valence-electron chi connectivity index (χ3n) is 4.60. The molecule has 0 amide bonds. The predicted octanol–water partition coefficient (Wildman–Crippen LogP) is 2.24. The fourth-order valence-electron chi connectivity index (χ4n) is 3.35. The Kier molecular flexibility index (Phi) is 3.52. The topological polar surface area (TPSA) is 54.0 Å². The molecule has 5 nitrogen and oxygen atoms in total. The van der Waals surface area contributed by atoms with Crippen LogP contribution < -0.4 is 0 Å². The summed E-state index contributed by atoms with van der Waals surface area (Å²) in [5.74, 6) is 0.542. The van der Waals surface area contributed by atoms with Crippen LogP contribution in [0.5, 0.6) is 0 Å². The Morgan fingerprint density at radius 2 is 2.48 bits per heavy atom. The van der Waals surface area contributed by atoms with Crippen molar-refractivity contribution < 1.29 is 4.74 Å². The number of aromatic amines is 1. The number of nitrogens with zero attached hydrogens (tertiary/aromatic N) is 3. The molecule has 1 saturated heterocycles. The van der Waals surface area contributed by atoms with Gasteiger partial charge in [-0.1, -0.05) is 0 Å². The van der Waals surface area contributed by atoms with Crippen LogP contribution in [0.3, 0.4) is 0 Å². The molecule has 0 bridgehead atoms. The van der Waals surface area contributed by atoms with E-state index in [0.29, 0.717) is 5.92 Å². The maximum absolute atomic E-state index is 5.60. The molecule has 6 heteroatoms. The normalized spacial score (nSPS) is 22.6. The number of thiazole rings is 1. The van der Waals surface area contributed by atoms with E-state index in [-0.39, 0.29) is 0 Å². The molecule has 0 radical (unpaired) electrons. The van der Waals surface area contributed by atoms with Crippen molar-refractivity contribution in [3.8, 4) is 0 Å². The third-order valence-corrected chi connectivity index (χ3v) is 5.52. The standard InChI is InChI=1S/C15H20N4OS/c1-10-14(21-9-16-10)7-19-4-2-11(6-19)15-12-8-20-5-3-13(12)17-18-15/h9,11H,2-8H2,1H3,(H,17,18). The fourth-order valence-corrected chi connectivity index (χ4v) is 4.17. The molecule has 0 aliphatic carbocycles. The van der Waals surface area contributed by atoms with Crippen molar-refractivity contribution >= 4 is 11.3 Å². The SMILES string of the molecule is Cc1ncsc1CN1CCC(c2n[nH]c3c2COCC3)C1. The number of hydrogen-bond donors (Lipinski definition) is 1. The molecule has 2 aromatic rings. The van der Waals surface area contributed by atoms with Crippen molar-refractivity contribution in [2.75, 3.05) is 19.7 Å². The van der Waals surface area contributed by atoms with Crippen LogP contribution in [-0.4, -0.2) is 39.8 Å². The highest BCUT2D eigenvalue weighted by Gasteiger charge is 2.30. The van der Waals surface area contributed by atoms with Crippen LogP contribution in [0.15, 0.2) is 5.51 Å². The van der Waals surface area contributed by atoms with E-state index in [2.05, 4.69) is 27.0 Å². The molecule has 4 rings (SSSR count). The van der Waals surface area contributed by atoms with E-state index >= 15 is 0 Å². The predicted molar refractivity (Wildman–Crippen MR) is 81.4 cm³/mol. The second-order valence-corrected chi connectivity index (χ2v) is 6.89. The lowest BCUT2D eigenvalue weighted by Gasteiger charge is -2.16. The lowest BCUT2D eigenvalue weighted by molar-refractivity contribution is 0.109. The van der Waals surface area contributed by atoms with Crippen molar-refractivity contribution in [2.24, 2.45) is 0 Å². The molecular formula is C15H20N4OS. The first-order chi connectivity index (χ1) is 10.3. The Bertz CT molecular complexity index is 635. The van der Waals surface area contributed by atoms with Crippen LogP contribution in [0.1, 0.15) is 39.9 Å². The minimum Gasteiger partial charge on any atom is -0.376 e. The summed E-state index contributed by atoms with van der Waals surface area (Å²) in [7, 11) is 0. The van der Waals surface area contributed by atoms with Gasteiger partial charge in [-0.05, 0) is 19.9 Å². The first-order valence-electron chi connectivity index (χ1n) is 7.56. The summed E-state index contributed by atoms with van der Waals surface area (Å²) in [6.07, 6.45) is 2.16. The summed E-state index contributed by atoms with van der Waals surface area (Å²) in [5.41, 5.74) is 6.97. The molecule has 2 aliphatic heterocycles. The van der Waals surface area contributed by atoms with Gasteiger partial charge >= 0.3 is 0 Å². The molecule has 0 saturated carbocycles. The third kappa shape index (κ3) is 2.52. The fraction of sp³-hybridized carbons (Fsp3) is 0.600. The van der Waals surface area contributed by atoms with Crippen molar-refractivity contribution in [1.29, 1.82) is 0 Å². The smallest absolute Gasteiger partial charge is 0.0798 e. The summed E-state index contributed by atoms with van der Waals surface area (Å²) in [6.45, 7) is 6.90. The molecule has 2 aliphatic rings. The molecular weight excluding hydrogens is 284 g/mol. The largest absolute Gasteiger partial charge is 0.376 e. The van der Waals surface area contributed by atoms with Crippen LogP contribution in [-0.2, 0) is 24.3 Å². The minimum atomic E-state index is 0.542. The van der Waals surface area contributed by atoms with Gasteiger partial charge in [-0.3, -0.25) is 10.00 Å². The second-order valence-electron chi connectivity index (χ2n) is 5.95. The Morgan fingerprint density at radius 1 is 1.52 bits per heavy atom. The van der Waals surface area contributed by atoms with E-state index in [4.69, 9.17) is 4.74 Å². The van der Waals surface area contributed by atoms with Gasteiger partial charge in [0.2, 0.25) is 0 Å². The quantitative estimate of drug-likeness (QED) is 0.945. The van der Waals surface area contributed by atoms with E-state index in [1.807, 2.05) is 5.51 Å². The molecule has 21 heavy (non-hydrogen) atoms. The molecule has 0 aromatic carbocycles. The number of likely N-dealkylation sites (tertiary alicyclic amines) is 1. The highest BCUT2D eigenvalue weighted by molar-refractivity contribution is 7.09. The Morgan fingerprint density at radius 3 is 3.33 bits per heavy atom. The van der Waals surface area contributed by atoms with Crippen molar-refractivity contribution in [3.63, 3.8) is 0 Å². The van der Waals surface area contributed by atoms with Gasteiger partial charge in [-0.2, -0.15) is 5.10 Å². The van der Waals surface area contributed by atoms with Crippen LogP contribution in [0.25, 0.3) is 0 Å². The molecule has 1 unspecified atom stereocenters. The monoisotopic (exact) mass is 304 g/mol. The van der Waals surface area contributed by atoms with Crippen molar-refractivity contribution in [3.05, 3.63) is 33.0 Å². The number of nitrogens with one attached hydrogen (secondary N) is 1. The molecule has 1 fully saturated rings. The zero-order valence-corrected chi connectivity index (χ0v) is 13.1. The Labute approximate surface area is 128 Å². The lowest BCUT2D eigenvalue weighted by atomic mass is 9.98. The highest BCUT2D eigenvalue weighted by Crippen LogP contribution is 2.32. The highest BCUT2D eigenvalue weighted by atomic mass is 32.1. The number of hydrogen-bond acceptors (Lipinski definition) is 5. The van der Waals surface area contributed by atoms with Crippen molar-refractivity contribution in [2.45, 2.75) is 38.8 Å². The Balaban J connectivity index is 1.47. The average molecular weight is 304 g/mol. The number of aryl methyl sites for hydroxylation is 1. The summed E-state index contributed by atoms with van der Waals surface area (Å²) in [4.78, 5) is 8.26. The van der Waals surface area contributed by atoms with E-state index in [1.165, 1.54) is 33.9 Å². The number of H-pyrrole nitrogens is 1. The number of aromatic nitrogens is 3. The van der Waals surface area contributed by atoms with E-state index in [0.717, 1.165) is 39.3 Å². The minimum absolute atomic E-state index is 0.542. The average Bonchev–Trinajstić information content (AvgIpc) is 3.20. The molecule has 1 N–H and O–H groups in total. The van der Waals surface area contributed by atoms with Gasteiger partial charge in [0.15, 0.2) is 0 Å². The Hall–Kier alpha value is -1.24. The van der Waals surface area contributed by atoms with Gasteiger partial charge in [0.1, 0.15) is 0 Å². The first-order valence-corrected chi connectivity index (χ1v) is 8.44. The molecule has 4 heterocycles. The lowest BCUT2D eigenvalue weighted by Crippen LogP contribution is -2.20. The maximum atomic E-state index is 5.60. The number of ether oxygens (including phenoxy) is 1. The van der Waals surface area contributed by atoms with E-state index < -0.39 is 0 Å². The van der Waals surface area contributed by atoms with Crippen LogP contribution in [0.2, 0.25) is 0 Å². The van der Waals surface area contributed by atoms with Gasteiger partial charge in [0.25, 0.3) is 0 Å². The summed E-state index contributed by atoms with van der Waals surface area (Å²) in [6, 6.07) is 0. The van der Waals surface area contributed by atoms with Gasteiger partial charge in [-0.15, -0.1) is 11.3 Å². The van der Waals surface area contributed by atoms with Crippen molar-refractivity contribution in [1.82, 2.24) is 20.1 Å². The van der Waals surface area contributed by atoms with Crippen LogP contribution in [0, 0.1) is 6.92 Å². The maximum Gasteiger partial charge on any atom is 0.0798 e.